The molecule has 2 aromatic rings. The molecule has 0 spiro atoms. The minimum absolute atomic E-state index is 0.0955. The van der Waals surface area contributed by atoms with E-state index in [0.717, 1.165) is 5.56 Å². The fourth-order valence-electron chi connectivity index (χ4n) is 1.64. The van der Waals surface area contributed by atoms with E-state index in [1.807, 2.05) is 43.3 Å². The van der Waals surface area contributed by atoms with Gasteiger partial charge < -0.3 is 5.32 Å². The van der Waals surface area contributed by atoms with Gasteiger partial charge in [-0.2, -0.15) is 0 Å². The molecular weight excluding hydrogens is 201 g/mol. The summed E-state index contributed by atoms with van der Waals surface area (Å²) in [4.78, 5) is 0. The van der Waals surface area contributed by atoms with Crippen LogP contribution in [-0.2, 0) is 0 Å². The van der Waals surface area contributed by atoms with E-state index >= 15 is 0 Å². The van der Waals surface area contributed by atoms with Crippen molar-refractivity contribution in [2.24, 2.45) is 0 Å². The van der Waals surface area contributed by atoms with E-state index in [-0.39, 0.29) is 11.9 Å². The van der Waals surface area contributed by atoms with Gasteiger partial charge in [0.15, 0.2) is 0 Å². The predicted molar refractivity (Wildman–Crippen MR) is 64.9 cm³/mol. The van der Waals surface area contributed by atoms with E-state index < -0.39 is 0 Å². The molecule has 0 aliphatic carbocycles. The van der Waals surface area contributed by atoms with Crippen LogP contribution in [0.5, 0.6) is 0 Å². The molecule has 0 amide bonds. The lowest BCUT2D eigenvalue weighted by atomic mass is 10.1. The fraction of sp³-hybridized carbons (Fsp3) is 0.143. The highest BCUT2D eigenvalue weighted by molar-refractivity contribution is 5.46. The van der Waals surface area contributed by atoms with E-state index in [1.54, 1.807) is 12.1 Å². The molecule has 0 aromatic heterocycles. The number of para-hydroxylation sites is 1. The van der Waals surface area contributed by atoms with Crippen LogP contribution in [0.3, 0.4) is 0 Å². The molecule has 2 heteroatoms. The van der Waals surface area contributed by atoms with Crippen molar-refractivity contribution < 1.29 is 4.39 Å². The third kappa shape index (κ3) is 2.40. The van der Waals surface area contributed by atoms with Crippen molar-refractivity contribution in [1.29, 1.82) is 0 Å². The van der Waals surface area contributed by atoms with Gasteiger partial charge in [-0.25, -0.2) is 4.39 Å². The first kappa shape index (κ1) is 10.7. The van der Waals surface area contributed by atoms with Gasteiger partial charge in [-0.3, -0.25) is 0 Å². The van der Waals surface area contributed by atoms with Crippen LogP contribution in [-0.4, -0.2) is 0 Å². The maximum Gasteiger partial charge on any atom is 0.146 e. The van der Waals surface area contributed by atoms with Crippen molar-refractivity contribution >= 4 is 5.69 Å². The maximum atomic E-state index is 13.4. The molecule has 2 aromatic carbocycles. The first-order valence-corrected chi connectivity index (χ1v) is 5.33. The summed E-state index contributed by atoms with van der Waals surface area (Å²) in [5, 5.41) is 3.15. The lowest BCUT2D eigenvalue weighted by Gasteiger charge is -2.15. The Hall–Kier alpha value is -1.83. The molecular formula is C14H14FN. The average Bonchev–Trinajstić information content (AvgIpc) is 2.33. The second-order valence-corrected chi connectivity index (χ2v) is 3.76. The second-order valence-electron chi connectivity index (χ2n) is 3.76. The van der Waals surface area contributed by atoms with Crippen molar-refractivity contribution in [3.8, 4) is 0 Å². The molecule has 0 unspecified atom stereocenters. The largest absolute Gasteiger partial charge is 0.376 e. The van der Waals surface area contributed by atoms with Crippen LogP contribution >= 0.6 is 0 Å². The molecule has 1 atom stereocenters. The molecule has 0 aliphatic heterocycles. The van der Waals surface area contributed by atoms with Crippen LogP contribution in [0.1, 0.15) is 18.5 Å². The molecule has 0 fully saturated rings. The van der Waals surface area contributed by atoms with Gasteiger partial charge in [0, 0.05) is 6.04 Å². The van der Waals surface area contributed by atoms with Gasteiger partial charge in [0.2, 0.25) is 0 Å². The molecule has 1 nitrogen and oxygen atoms in total. The quantitative estimate of drug-likeness (QED) is 0.816. The van der Waals surface area contributed by atoms with Gasteiger partial charge >= 0.3 is 0 Å². The van der Waals surface area contributed by atoms with Gasteiger partial charge in [-0.15, -0.1) is 0 Å². The fourth-order valence-corrected chi connectivity index (χ4v) is 1.64. The van der Waals surface area contributed by atoms with E-state index in [4.69, 9.17) is 0 Å². The smallest absolute Gasteiger partial charge is 0.146 e. The zero-order valence-corrected chi connectivity index (χ0v) is 9.15. The normalized spacial score (nSPS) is 12.1. The van der Waals surface area contributed by atoms with E-state index in [9.17, 15) is 4.39 Å². The van der Waals surface area contributed by atoms with Crippen LogP contribution in [0.15, 0.2) is 54.6 Å². The number of benzene rings is 2. The zero-order valence-electron chi connectivity index (χ0n) is 9.15. The van der Waals surface area contributed by atoms with Crippen LogP contribution in [0, 0.1) is 5.82 Å². The van der Waals surface area contributed by atoms with Gasteiger partial charge in [0.25, 0.3) is 0 Å². The Labute approximate surface area is 94.9 Å². The number of halogens is 1. The highest BCUT2D eigenvalue weighted by Crippen LogP contribution is 2.20. The average molecular weight is 215 g/mol. The summed E-state index contributed by atoms with van der Waals surface area (Å²) in [5.41, 5.74) is 1.68. The van der Waals surface area contributed by atoms with Crippen LogP contribution in [0.25, 0.3) is 0 Å². The summed E-state index contributed by atoms with van der Waals surface area (Å²) in [5.74, 6) is -0.217. The second kappa shape index (κ2) is 4.79. The topological polar surface area (TPSA) is 12.0 Å². The summed E-state index contributed by atoms with van der Waals surface area (Å²) >= 11 is 0. The van der Waals surface area contributed by atoms with Crippen molar-refractivity contribution in [3.05, 3.63) is 66.0 Å². The molecule has 0 aliphatic rings. The summed E-state index contributed by atoms with van der Waals surface area (Å²) in [6.45, 7) is 2.02. The number of rotatable bonds is 3. The Morgan fingerprint density at radius 1 is 0.938 bits per heavy atom. The molecule has 0 heterocycles. The molecule has 0 saturated carbocycles. The maximum absolute atomic E-state index is 13.4. The van der Waals surface area contributed by atoms with Gasteiger partial charge in [-0.05, 0) is 24.6 Å². The lowest BCUT2D eigenvalue weighted by molar-refractivity contribution is 0.627. The Morgan fingerprint density at radius 2 is 1.56 bits per heavy atom. The Balaban J connectivity index is 2.14. The van der Waals surface area contributed by atoms with Crippen molar-refractivity contribution in [3.63, 3.8) is 0 Å². The van der Waals surface area contributed by atoms with E-state index in [1.165, 1.54) is 6.07 Å². The molecule has 82 valence electrons. The summed E-state index contributed by atoms with van der Waals surface area (Å²) in [6, 6.07) is 16.8. The molecule has 0 bridgehead atoms. The monoisotopic (exact) mass is 215 g/mol. The number of anilines is 1. The summed E-state index contributed by atoms with van der Waals surface area (Å²) in [7, 11) is 0. The Morgan fingerprint density at radius 3 is 2.25 bits per heavy atom. The summed E-state index contributed by atoms with van der Waals surface area (Å²) < 4.78 is 13.4. The third-order valence-electron chi connectivity index (χ3n) is 2.55. The minimum Gasteiger partial charge on any atom is -0.376 e. The SMILES string of the molecule is C[C@H](Nc1ccccc1F)c1ccccc1. The number of hydrogen-bond acceptors (Lipinski definition) is 1. The molecule has 2 rings (SSSR count). The molecule has 16 heavy (non-hydrogen) atoms. The van der Waals surface area contributed by atoms with Crippen LogP contribution in [0.2, 0.25) is 0 Å². The number of nitrogens with one attached hydrogen (secondary N) is 1. The lowest BCUT2D eigenvalue weighted by Crippen LogP contribution is -2.07. The van der Waals surface area contributed by atoms with Crippen LogP contribution in [0.4, 0.5) is 10.1 Å². The molecule has 0 saturated heterocycles. The van der Waals surface area contributed by atoms with E-state index in [0.29, 0.717) is 5.69 Å². The molecule has 0 radical (unpaired) electrons. The number of hydrogen-bond donors (Lipinski definition) is 1. The van der Waals surface area contributed by atoms with E-state index in [2.05, 4.69) is 5.32 Å². The van der Waals surface area contributed by atoms with Crippen molar-refractivity contribution in [2.45, 2.75) is 13.0 Å². The standard InChI is InChI=1S/C14H14FN/c1-11(12-7-3-2-4-8-12)16-14-10-6-5-9-13(14)15/h2-11,16H,1H3/t11-/m0/s1. The Bertz CT molecular complexity index is 453. The zero-order chi connectivity index (χ0) is 11.4. The Kier molecular flexibility index (Phi) is 3.20. The van der Waals surface area contributed by atoms with Crippen LogP contribution < -0.4 is 5.32 Å². The highest BCUT2D eigenvalue weighted by atomic mass is 19.1. The third-order valence-corrected chi connectivity index (χ3v) is 2.55. The van der Waals surface area contributed by atoms with Gasteiger partial charge in [0.05, 0.1) is 5.69 Å². The van der Waals surface area contributed by atoms with Crippen molar-refractivity contribution in [1.82, 2.24) is 0 Å². The minimum atomic E-state index is -0.217. The first-order chi connectivity index (χ1) is 7.77. The first-order valence-electron chi connectivity index (χ1n) is 5.33. The summed E-state index contributed by atoms with van der Waals surface area (Å²) in [6.07, 6.45) is 0. The van der Waals surface area contributed by atoms with Gasteiger partial charge in [0.1, 0.15) is 5.82 Å². The predicted octanol–water partition coefficient (Wildman–Crippen LogP) is 4.00. The van der Waals surface area contributed by atoms with Gasteiger partial charge in [-0.1, -0.05) is 42.5 Å². The highest BCUT2D eigenvalue weighted by Gasteiger charge is 2.06. The molecule has 1 N–H and O–H groups in total. The van der Waals surface area contributed by atoms with Crippen molar-refractivity contribution in [2.75, 3.05) is 5.32 Å².